The van der Waals surface area contributed by atoms with E-state index in [0.29, 0.717) is 5.92 Å². The van der Waals surface area contributed by atoms with Gasteiger partial charge in [0.25, 0.3) is 0 Å². The normalized spacial score (nSPS) is 12.4. The minimum Gasteiger partial charge on any atom is -0.381 e. The van der Waals surface area contributed by atoms with Gasteiger partial charge in [-0.05, 0) is 41.7 Å². The summed E-state index contributed by atoms with van der Waals surface area (Å²) in [5.41, 5.74) is 3.87. The fourth-order valence-corrected chi connectivity index (χ4v) is 1.84. The fraction of sp³-hybridized carbons (Fsp3) is 0.333. The Labute approximate surface area is 103 Å². The third kappa shape index (κ3) is 3.13. The summed E-state index contributed by atoms with van der Waals surface area (Å²) in [5.74, 6) is 0.647. The molecule has 2 rings (SSSR count). The van der Waals surface area contributed by atoms with E-state index in [2.05, 4.69) is 54.5 Å². The van der Waals surface area contributed by atoms with Crippen LogP contribution in [0.5, 0.6) is 0 Å². The van der Waals surface area contributed by atoms with Gasteiger partial charge in [0.15, 0.2) is 0 Å². The third-order valence-corrected chi connectivity index (χ3v) is 3.25. The highest BCUT2D eigenvalue weighted by atomic mass is 14.9. The van der Waals surface area contributed by atoms with Crippen LogP contribution in [0.1, 0.15) is 37.3 Å². The van der Waals surface area contributed by atoms with Gasteiger partial charge in [-0.25, -0.2) is 0 Å². The molecule has 0 spiro atoms. The fourth-order valence-electron chi connectivity index (χ4n) is 1.84. The molecule has 2 nitrogen and oxygen atoms in total. The zero-order valence-corrected chi connectivity index (χ0v) is 10.5. The lowest BCUT2D eigenvalue weighted by atomic mass is 9.99. The maximum atomic E-state index is 3.41. The first-order chi connectivity index (χ1) is 8.29. The Morgan fingerprint density at radius 3 is 2.53 bits per heavy atom. The SMILES string of the molecule is CCC(C)c1ccc(NCc2cc[nH]c2)cc1. The minimum atomic E-state index is 0.647. The van der Waals surface area contributed by atoms with E-state index in [1.165, 1.54) is 23.2 Å². The number of hydrogen-bond acceptors (Lipinski definition) is 1. The van der Waals surface area contributed by atoms with Crippen molar-refractivity contribution < 1.29 is 0 Å². The molecule has 0 aliphatic rings. The van der Waals surface area contributed by atoms with Gasteiger partial charge < -0.3 is 10.3 Å². The lowest BCUT2D eigenvalue weighted by molar-refractivity contribution is 0.734. The third-order valence-electron chi connectivity index (χ3n) is 3.25. The predicted octanol–water partition coefficient (Wildman–Crippen LogP) is 4.14. The molecule has 0 radical (unpaired) electrons. The van der Waals surface area contributed by atoms with Crippen LogP contribution in [0.3, 0.4) is 0 Å². The second-order valence-corrected chi connectivity index (χ2v) is 4.50. The number of nitrogens with one attached hydrogen (secondary N) is 2. The smallest absolute Gasteiger partial charge is 0.0415 e. The molecule has 0 fully saturated rings. The van der Waals surface area contributed by atoms with Gasteiger partial charge in [-0.2, -0.15) is 0 Å². The van der Waals surface area contributed by atoms with E-state index < -0.39 is 0 Å². The van der Waals surface area contributed by atoms with Gasteiger partial charge in [0, 0.05) is 24.6 Å². The zero-order chi connectivity index (χ0) is 12.1. The van der Waals surface area contributed by atoms with Crippen molar-refractivity contribution in [1.29, 1.82) is 0 Å². The summed E-state index contributed by atoms with van der Waals surface area (Å²) in [6.07, 6.45) is 5.15. The molecule has 0 aliphatic heterocycles. The average Bonchev–Trinajstić information content (AvgIpc) is 2.89. The Morgan fingerprint density at radius 2 is 1.94 bits per heavy atom. The Bertz CT molecular complexity index is 428. The summed E-state index contributed by atoms with van der Waals surface area (Å²) in [5, 5.41) is 3.41. The topological polar surface area (TPSA) is 27.8 Å². The first-order valence-electron chi connectivity index (χ1n) is 6.25. The molecule has 1 heterocycles. The Morgan fingerprint density at radius 1 is 1.18 bits per heavy atom. The van der Waals surface area contributed by atoms with Gasteiger partial charge in [-0.15, -0.1) is 0 Å². The van der Waals surface area contributed by atoms with Crippen molar-refractivity contribution in [3.05, 3.63) is 53.9 Å². The largest absolute Gasteiger partial charge is 0.381 e. The van der Waals surface area contributed by atoms with E-state index in [0.717, 1.165) is 6.54 Å². The summed E-state index contributed by atoms with van der Waals surface area (Å²) in [7, 11) is 0. The zero-order valence-electron chi connectivity index (χ0n) is 10.5. The molecule has 0 amide bonds. The van der Waals surface area contributed by atoms with Crippen LogP contribution in [0.2, 0.25) is 0 Å². The molecule has 17 heavy (non-hydrogen) atoms. The van der Waals surface area contributed by atoms with E-state index in [-0.39, 0.29) is 0 Å². The quantitative estimate of drug-likeness (QED) is 0.791. The molecular formula is C15H20N2. The molecule has 0 saturated carbocycles. The summed E-state index contributed by atoms with van der Waals surface area (Å²) < 4.78 is 0. The molecule has 90 valence electrons. The van der Waals surface area contributed by atoms with Crippen molar-refractivity contribution in [1.82, 2.24) is 4.98 Å². The van der Waals surface area contributed by atoms with Crippen LogP contribution >= 0.6 is 0 Å². The number of anilines is 1. The summed E-state index contributed by atoms with van der Waals surface area (Å²) >= 11 is 0. The molecule has 2 aromatic rings. The molecule has 1 unspecified atom stereocenters. The van der Waals surface area contributed by atoms with Crippen LogP contribution in [0.4, 0.5) is 5.69 Å². The van der Waals surface area contributed by atoms with Crippen molar-refractivity contribution in [2.45, 2.75) is 32.7 Å². The van der Waals surface area contributed by atoms with Crippen LogP contribution in [0.15, 0.2) is 42.7 Å². The van der Waals surface area contributed by atoms with Crippen molar-refractivity contribution in [3.63, 3.8) is 0 Å². The average molecular weight is 228 g/mol. The first-order valence-corrected chi connectivity index (χ1v) is 6.25. The van der Waals surface area contributed by atoms with E-state index in [9.17, 15) is 0 Å². The molecule has 0 aliphatic carbocycles. The number of rotatable bonds is 5. The number of aromatic amines is 1. The van der Waals surface area contributed by atoms with Crippen LogP contribution in [-0.2, 0) is 6.54 Å². The summed E-state index contributed by atoms with van der Waals surface area (Å²) in [6.45, 7) is 5.36. The highest BCUT2D eigenvalue weighted by molar-refractivity contribution is 5.45. The van der Waals surface area contributed by atoms with Crippen molar-refractivity contribution in [2.24, 2.45) is 0 Å². The van der Waals surface area contributed by atoms with E-state index in [1.54, 1.807) is 0 Å². The molecule has 1 aromatic heterocycles. The summed E-state index contributed by atoms with van der Waals surface area (Å²) in [6, 6.07) is 10.8. The predicted molar refractivity (Wildman–Crippen MR) is 73.3 cm³/mol. The molecule has 0 saturated heterocycles. The lowest BCUT2D eigenvalue weighted by Gasteiger charge is -2.10. The van der Waals surface area contributed by atoms with Crippen molar-refractivity contribution in [3.8, 4) is 0 Å². The molecular weight excluding hydrogens is 208 g/mol. The van der Waals surface area contributed by atoms with Crippen molar-refractivity contribution in [2.75, 3.05) is 5.32 Å². The van der Waals surface area contributed by atoms with Crippen LogP contribution in [0.25, 0.3) is 0 Å². The number of benzene rings is 1. The molecule has 1 atom stereocenters. The van der Waals surface area contributed by atoms with E-state index >= 15 is 0 Å². The number of hydrogen-bond donors (Lipinski definition) is 2. The Hall–Kier alpha value is -1.70. The second-order valence-electron chi connectivity index (χ2n) is 4.50. The highest BCUT2D eigenvalue weighted by Gasteiger charge is 2.02. The number of aromatic nitrogens is 1. The Kier molecular flexibility index (Phi) is 3.86. The Balaban J connectivity index is 1.94. The minimum absolute atomic E-state index is 0.647. The highest BCUT2D eigenvalue weighted by Crippen LogP contribution is 2.20. The standard InChI is InChI=1S/C15H20N2/c1-3-12(2)14-4-6-15(7-5-14)17-11-13-8-9-16-10-13/h4-10,12,16-17H,3,11H2,1-2H3. The molecule has 2 heteroatoms. The van der Waals surface area contributed by atoms with Gasteiger partial charge in [-0.1, -0.05) is 26.0 Å². The first kappa shape index (κ1) is 11.8. The number of H-pyrrole nitrogens is 1. The molecule has 2 N–H and O–H groups in total. The van der Waals surface area contributed by atoms with Crippen LogP contribution in [-0.4, -0.2) is 4.98 Å². The molecule has 0 bridgehead atoms. The summed E-state index contributed by atoms with van der Waals surface area (Å²) in [4.78, 5) is 3.06. The van der Waals surface area contributed by atoms with Gasteiger partial charge in [0.05, 0.1) is 0 Å². The maximum absolute atomic E-state index is 3.41. The van der Waals surface area contributed by atoms with Gasteiger partial charge in [0.1, 0.15) is 0 Å². The van der Waals surface area contributed by atoms with E-state index in [1.807, 2.05) is 12.4 Å². The van der Waals surface area contributed by atoms with Crippen molar-refractivity contribution >= 4 is 5.69 Å². The maximum Gasteiger partial charge on any atom is 0.0415 e. The monoisotopic (exact) mass is 228 g/mol. The van der Waals surface area contributed by atoms with E-state index in [4.69, 9.17) is 0 Å². The van der Waals surface area contributed by atoms with Crippen LogP contribution < -0.4 is 5.32 Å². The van der Waals surface area contributed by atoms with Gasteiger partial charge in [-0.3, -0.25) is 0 Å². The lowest BCUT2D eigenvalue weighted by Crippen LogP contribution is -1.98. The van der Waals surface area contributed by atoms with Gasteiger partial charge >= 0.3 is 0 Å². The van der Waals surface area contributed by atoms with Crippen LogP contribution in [0, 0.1) is 0 Å². The second kappa shape index (κ2) is 5.58. The van der Waals surface area contributed by atoms with Gasteiger partial charge in [0.2, 0.25) is 0 Å². The molecule has 1 aromatic carbocycles.